The van der Waals surface area contributed by atoms with Crippen LogP contribution >= 0.6 is 0 Å². The van der Waals surface area contributed by atoms with Crippen molar-refractivity contribution in [2.75, 3.05) is 35.2 Å². The Labute approximate surface area is 240 Å². The average Bonchev–Trinajstić information content (AvgIpc) is 3.47. The summed E-state index contributed by atoms with van der Waals surface area (Å²) in [6.07, 6.45) is 0.312. The Kier molecular flexibility index (Phi) is 8.89. The van der Waals surface area contributed by atoms with E-state index in [4.69, 9.17) is 37.9 Å². The van der Waals surface area contributed by atoms with E-state index < -0.39 is 18.2 Å². The van der Waals surface area contributed by atoms with Gasteiger partial charge in [-0.05, 0) is 26.0 Å². The number of hydrogen-bond donors (Lipinski definition) is 0. The maximum atomic E-state index is 13.2. The molecule has 0 amide bonds. The third-order valence-electron chi connectivity index (χ3n) is 7.90. The van der Waals surface area contributed by atoms with E-state index >= 15 is 0 Å². The first-order valence-electron chi connectivity index (χ1n) is 13.5. The molecular formula is C31H38O10. The Hall–Kier alpha value is -4.08. The van der Waals surface area contributed by atoms with E-state index in [1.54, 1.807) is 32.9 Å². The van der Waals surface area contributed by atoms with E-state index in [0.717, 1.165) is 0 Å². The Morgan fingerprint density at radius 3 is 2.00 bits per heavy atom. The normalized spacial score (nSPS) is 21.0. The molecule has 0 bridgehead atoms. The van der Waals surface area contributed by atoms with Crippen molar-refractivity contribution in [2.24, 2.45) is 11.8 Å². The van der Waals surface area contributed by atoms with E-state index in [-0.39, 0.29) is 31.0 Å². The van der Waals surface area contributed by atoms with Gasteiger partial charge in [0.1, 0.15) is 12.2 Å². The van der Waals surface area contributed by atoms with Crippen LogP contribution in [0.1, 0.15) is 64.4 Å². The number of carbonyl (C=O) groups is 2. The van der Waals surface area contributed by atoms with Crippen LogP contribution in [0.2, 0.25) is 0 Å². The number of ether oxygens (including phenoxy) is 8. The third kappa shape index (κ3) is 5.11. The van der Waals surface area contributed by atoms with Crippen molar-refractivity contribution in [3.8, 4) is 45.6 Å². The van der Waals surface area contributed by atoms with Crippen molar-refractivity contribution in [1.29, 1.82) is 0 Å². The Balaban J connectivity index is 2.20. The molecule has 41 heavy (non-hydrogen) atoms. The van der Waals surface area contributed by atoms with Crippen LogP contribution in [-0.4, -0.2) is 47.2 Å². The van der Waals surface area contributed by atoms with E-state index in [1.165, 1.54) is 28.4 Å². The van der Waals surface area contributed by atoms with E-state index in [0.29, 0.717) is 62.3 Å². The van der Waals surface area contributed by atoms with Crippen molar-refractivity contribution in [2.45, 2.75) is 53.2 Å². The highest BCUT2D eigenvalue weighted by molar-refractivity contribution is 5.91. The second-order valence-electron chi connectivity index (χ2n) is 10.00. The molecule has 10 nitrogen and oxygen atoms in total. The summed E-state index contributed by atoms with van der Waals surface area (Å²) in [5, 5.41) is 0. The van der Waals surface area contributed by atoms with Gasteiger partial charge in [0.25, 0.3) is 0 Å². The summed E-state index contributed by atoms with van der Waals surface area (Å²) in [5.74, 6) is 0.740. The van der Waals surface area contributed by atoms with E-state index in [1.807, 2.05) is 19.9 Å². The van der Waals surface area contributed by atoms with Gasteiger partial charge < -0.3 is 37.9 Å². The summed E-state index contributed by atoms with van der Waals surface area (Å²) in [5.41, 5.74) is 2.77. The highest BCUT2D eigenvalue weighted by Gasteiger charge is 2.44. The fraction of sp³-hybridized carbons (Fsp3) is 0.484. The number of esters is 2. The topological polar surface area (TPSA) is 108 Å². The van der Waals surface area contributed by atoms with Crippen LogP contribution in [0.5, 0.6) is 34.5 Å². The van der Waals surface area contributed by atoms with Crippen LogP contribution in [0.15, 0.2) is 23.8 Å². The molecule has 4 atom stereocenters. The van der Waals surface area contributed by atoms with Gasteiger partial charge in [-0.25, -0.2) is 4.79 Å². The summed E-state index contributed by atoms with van der Waals surface area (Å²) in [6.45, 7) is 9.13. The fourth-order valence-corrected chi connectivity index (χ4v) is 5.38. The molecular weight excluding hydrogens is 532 g/mol. The van der Waals surface area contributed by atoms with Gasteiger partial charge >= 0.3 is 11.9 Å². The number of allylic oxidation sites excluding steroid dienone is 1. The molecule has 4 rings (SSSR count). The standard InChI is InChI=1S/C31H38O10/c1-10-15(3)31(33)41-26-17(5)16(4)25(40-22(32)11-2)19-13-21-28(39-14-38-21)30(37-9)24(19)23-18(26)12-20(34-6)27(35-7)29(23)36-8/h10,12-13,16-17,25-26H,11,14H2,1-9H3/t16-,17-,25-,26-/m1/s1. The minimum atomic E-state index is -0.804. The number of fused-ring (bicyclic) bond motifs is 4. The monoisotopic (exact) mass is 570 g/mol. The third-order valence-corrected chi connectivity index (χ3v) is 7.90. The first-order valence-corrected chi connectivity index (χ1v) is 13.5. The second kappa shape index (κ2) is 12.2. The summed E-state index contributed by atoms with van der Waals surface area (Å²) in [6, 6.07) is 3.60. The van der Waals surface area contributed by atoms with Crippen molar-refractivity contribution in [3.63, 3.8) is 0 Å². The summed E-state index contributed by atoms with van der Waals surface area (Å²) < 4.78 is 47.3. The van der Waals surface area contributed by atoms with E-state index in [9.17, 15) is 9.59 Å². The molecule has 0 radical (unpaired) electrons. The van der Waals surface area contributed by atoms with Crippen LogP contribution in [0, 0.1) is 11.8 Å². The predicted molar refractivity (Wildman–Crippen MR) is 150 cm³/mol. The van der Waals surface area contributed by atoms with Gasteiger partial charge in [-0.15, -0.1) is 0 Å². The van der Waals surface area contributed by atoms with Crippen molar-refractivity contribution in [3.05, 3.63) is 34.9 Å². The Morgan fingerprint density at radius 1 is 0.854 bits per heavy atom. The van der Waals surface area contributed by atoms with Gasteiger partial charge in [0.05, 0.1) is 28.4 Å². The molecule has 0 spiro atoms. The number of carbonyl (C=O) groups excluding carboxylic acids is 2. The maximum absolute atomic E-state index is 13.2. The van der Waals surface area contributed by atoms with Crippen molar-refractivity contribution >= 4 is 11.9 Å². The summed E-state index contributed by atoms with van der Waals surface area (Å²) in [4.78, 5) is 26.0. The molecule has 2 aromatic rings. The average molecular weight is 571 g/mol. The van der Waals surface area contributed by atoms with Crippen molar-refractivity contribution in [1.82, 2.24) is 0 Å². The lowest BCUT2D eigenvalue weighted by atomic mass is 9.74. The van der Waals surface area contributed by atoms with Gasteiger partial charge in [0, 0.05) is 46.1 Å². The Morgan fingerprint density at radius 2 is 1.44 bits per heavy atom. The molecule has 0 fully saturated rings. The first kappa shape index (κ1) is 29.9. The Bertz CT molecular complexity index is 1360. The van der Waals surface area contributed by atoms with Gasteiger partial charge in [0.2, 0.25) is 18.3 Å². The fourth-order valence-electron chi connectivity index (χ4n) is 5.38. The zero-order valence-electron chi connectivity index (χ0n) is 25.0. The summed E-state index contributed by atoms with van der Waals surface area (Å²) in [7, 11) is 6.07. The molecule has 0 N–H and O–H groups in total. The lowest BCUT2D eigenvalue weighted by Crippen LogP contribution is -2.31. The molecule has 10 heteroatoms. The number of hydrogen-bond acceptors (Lipinski definition) is 10. The predicted octanol–water partition coefficient (Wildman–Crippen LogP) is 5.95. The molecule has 1 aliphatic heterocycles. The van der Waals surface area contributed by atoms with Crippen LogP contribution in [-0.2, 0) is 19.1 Å². The highest BCUT2D eigenvalue weighted by Crippen LogP contribution is 2.60. The maximum Gasteiger partial charge on any atom is 0.333 e. The zero-order chi connectivity index (χ0) is 30.0. The molecule has 2 aromatic carbocycles. The van der Waals surface area contributed by atoms with Crippen LogP contribution in [0.3, 0.4) is 0 Å². The largest absolute Gasteiger partial charge is 0.493 e. The molecule has 0 saturated heterocycles. The number of rotatable bonds is 8. The zero-order valence-corrected chi connectivity index (χ0v) is 25.0. The van der Waals surface area contributed by atoms with Gasteiger partial charge in [-0.1, -0.05) is 26.8 Å². The SMILES string of the molecule is CC=C(C)C(=O)O[C@H]1c2cc(OC)c(OC)c(OC)c2-c2c(cc3c(c2OC)OCO3)[C@H](OC(=O)CC)[C@H](C)[C@H]1C. The summed E-state index contributed by atoms with van der Waals surface area (Å²) >= 11 is 0. The molecule has 0 saturated carbocycles. The van der Waals surface area contributed by atoms with Crippen LogP contribution in [0.25, 0.3) is 11.1 Å². The quantitative estimate of drug-likeness (QED) is 0.279. The minimum Gasteiger partial charge on any atom is -0.493 e. The lowest BCUT2D eigenvalue weighted by molar-refractivity contribution is -0.158. The molecule has 0 unspecified atom stereocenters. The van der Waals surface area contributed by atoms with Gasteiger partial charge in [0.15, 0.2) is 23.0 Å². The molecule has 0 aromatic heterocycles. The van der Waals surface area contributed by atoms with Crippen LogP contribution < -0.4 is 28.4 Å². The molecule has 1 heterocycles. The highest BCUT2D eigenvalue weighted by atomic mass is 16.7. The molecule has 1 aliphatic carbocycles. The van der Waals surface area contributed by atoms with Crippen molar-refractivity contribution < 1.29 is 47.5 Å². The van der Waals surface area contributed by atoms with Gasteiger partial charge in [-0.3, -0.25) is 4.79 Å². The first-order chi connectivity index (χ1) is 19.7. The van der Waals surface area contributed by atoms with Gasteiger partial charge in [-0.2, -0.15) is 0 Å². The van der Waals surface area contributed by atoms with E-state index in [2.05, 4.69) is 0 Å². The number of benzene rings is 2. The minimum absolute atomic E-state index is 0.00124. The lowest BCUT2D eigenvalue weighted by Gasteiger charge is -2.39. The molecule has 2 aliphatic rings. The smallest absolute Gasteiger partial charge is 0.333 e. The second-order valence-corrected chi connectivity index (χ2v) is 10.00. The van der Waals surface area contributed by atoms with Crippen LogP contribution in [0.4, 0.5) is 0 Å². The molecule has 222 valence electrons. The number of methoxy groups -OCH3 is 4.